The van der Waals surface area contributed by atoms with Gasteiger partial charge in [0.1, 0.15) is 0 Å². The first-order valence-corrected chi connectivity index (χ1v) is 7.82. The van der Waals surface area contributed by atoms with Crippen LogP contribution in [0.15, 0.2) is 24.3 Å². The van der Waals surface area contributed by atoms with Crippen molar-refractivity contribution in [3.63, 3.8) is 0 Å². The normalized spacial score (nSPS) is 17.6. The molecule has 2 rings (SSSR count). The minimum Gasteiger partial charge on any atom is -0.309 e. The predicted molar refractivity (Wildman–Crippen MR) is 85.0 cm³/mol. The third-order valence-electron chi connectivity index (χ3n) is 4.04. The van der Waals surface area contributed by atoms with Crippen LogP contribution in [-0.4, -0.2) is 11.9 Å². The van der Waals surface area contributed by atoms with Crippen molar-refractivity contribution in [1.29, 1.82) is 0 Å². The van der Waals surface area contributed by atoms with Gasteiger partial charge in [0.2, 0.25) is 5.91 Å². The smallest absolute Gasteiger partial charge is 0.227 e. The molecule has 0 saturated heterocycles. The van der Waals surface area contributed by atoms with E-state index < -0.39 is 0 Å². The first-order chi connectivity index (χ1) is 9.42. The number of hydrogen-bond acceptors (Lipinski definition) is 1. The number of aryl methyl sites for hydroxylation is 1. The molecule has 1 atom stereocenters. The van der Waals surface area contributed by atoms with Crippen LogP contribution in [-0.2, 0) is 11.2 Å². The van der Waals surface area contributed by atoms with Crippen LogP contribution >= 0.6 is 0 Å². The molecule has 0 N–H and O–H groups in total. The molecule has 0 aromatic heterocycles. The first kappa shape index (κ1) is 15.1. The Bertz CT molecular complexity index is 473. The molecule has 0 saturated carbocycles. The van der Waals surface area contributed by atoms with Crippen LogP contribution < -0.4 is 4.90 Å². The molecule has 1 aliphatic heterocycles. The molecule has 1 heterocycles. The minimum atomic E-state index is 0.238. The van der Waals surface area contributed by atoms with E-state index in [1.807, 2.05) is 6.07 Å². The first-order valence-electron chi connectivity index (χ1n) is 7.82. The van der Waals surface area contributed by atoms with Gasteiger partial charge in [0.25, 0.3) is 0 Å². The van der Waals surface area contributed by atoms with Gasteiger partial charge < -0.3 is 4.90 Å². The molecule has 110 valence electrons. The Morgan fingerprint density at radius 2 is 1.90 bits per heavy atom. The molecule has 1 aromatic rings. The quantitative estimate of drug-likeness (QED) is 0.790. The zero-order valence-electron chi connectivity index (χ0n) is 13.3. The molecule has 0 spiro atoms. The van der Waals surface area contributed by atoms with E-state index in [9.17, 15) is 4.79 Å². The van der Waals surface area contributed by atoms with E-state index in [1.165, 1.54) is 5.56 Å². The second kappa shape index (κ2) is 5.99. The molecular weight excluding hydrogens is 246 g/mol. The van der Waals surface area contributed by atoms with E-state index in [0.717, 1.165) is 31.4 Å². The molecule has 20 heavy (non-hydrogen) atoms. The number of para-hydroxylation sites is 1. The minimum absolute atomic E-state index is 0.238. The van der Waals surface area contributed by atoms with Gasteiger partial charge in [-0.1, -0.05) is 45.9 Å². The number of fused-ring (bicyclic) bond motifs is 1. The molecule has 1 aliphatic rings. The highest BCUT2D eigenvalue weighted by molar-refractivity contribution is 5.95. The maximum atomic E-state index is 12.6. The van der Waals surface area contributed by atoms with Gasteiger partial charge >= 0.3 is 0 Å². The molecule has 0 fully saturated rings. The average molecular weight is 273 g/mol. The average Bonchev–Trinajstić information content (AvgIpc) is 2.53. The molecule has 1 amide bonds. The van der Waals surface area contributed by atoms with Crippen LogP contribution in [0, 0.1) is 5.41 Å². The fraction of sp³-hybridized carbons (Fsp3) is 0.611. The lowest BCUT2D eigenvalue weighted by molar-refractivity contribution is -0.119. The maximum absolute atomic E-state index is 12.6. The predicted octanol–water partition coefficient (Wildman–Crippen LogP) is 4.57. The summed E-state index contributed by atoms with van der Waals surface area (Å²) in [7, 11) is 0. The standard InChI is InChI=1S/C18H27NO/c1-5-15(13-18(2,3)4)19-16-11-7-6-9-14(16)10-8-12-17(19)20/h6-7,9,11,15H,5,8,10,12-13H2,1-4H3. The van der Waals surface area contributed by atoms with Crippen molar-refractivity contribution < 1.29 is 4.79 Å². The monoisotopic (exact) mass is 273 g/mol. The summed E-state index contributed by atoms with van der Waals surface area (Å²) in [5, 5.41) is 0. The summed E-state index contributed by atoms with van der Waals surface area (Å²) in [6, 6.07) is 8.72. The summed E-state index contributed by atoms with van der Waals surface area (Å²) >= 11 is 0. The highest BCUT2D eigenvalue weighted by Gasteiger charge is 2.30. The Labute approximate surface area is 123 Å². The van der Waals surface area contributed by atoms with Crippen molar-refractivity contribution in [1.82, 2.24) is 0 Å². The van der Waals surface area contributed by atoms with Crippen molar-refractivity contribution in [2.24, 2.45) is 5.41 Å². The molecule has 0 radical (unpaired) electrons. The van der Waals surface area contributed by atoms with E-state index in [1.54, 1.807) is 0 Å². The number of nitrogens with zero attached hydrogens (tertiary/aromatic N) is 1. The van der Waals surface area contributed by atoms with Crippen LogP contribution in [0.1, 0.15) is 58.9 Å². The van der Waals surface area contributed by atoms with Gasteiger partial charge in [0.05, 0.1) is 0 Å². The molecule has 2 nitrogen and oxygen atoms in total. The summed E-state index contributed by atoms with van der Waals surface area (Å²) in [4.78, 5) is 14.7. The van der Waals surface area contributed by atoms with Crippen LogP contribution in [0.3, 0.4) is 0 Å². The van der Waals surface area contributed by atoms with Gasteiger partial charge in [-0.05, 0) is 42.7 Å². The number of carbonyl (C=O) groups is 1. The summed E-state index contributed by atoms with van der Waals surface area (Å²) in [6.45, 7) is 8.95. The molecule has 0 bridgehead atoms. The number of hydrogen-bond donors (Lipinski definition) is 0. The van der Waals surface area contributed by atoms with Gasteiger partial charge in [-0.15, -0.1) is 0 Å². The van der Waals surface area contributed by atoms with E-state index in [4.69, 9.17) is 0 Å². The van der Waals surface area contributed by atoms with Crippen molar-refractivity contribution >= 4 is 11.6 Å². The number of carbonyl (C=O) groups excluding carboxylic acids is 1. The molecular formula is C18H27NO. The second-order valence-corrected chi connectivity index (χ2v) is 7.07. The Hall–Kier alpha value is -1.31. The summed E-state index contributed by atoms with van der Waals surface area (Å²) in [6.07, 6.45) is 4.72. The SMILES string of the molecule is CCC(CC(C)(C)C)N1C(=O)CCCc2ccccc21. The molecule has 2 heteroatoms. The number of amides is 1. The Morgan fingerprint density at radius 3 is 2.55 bits per heavy atom. The van der Waals surface area contributed by atoms with Crippen LogP contribution in [0.25, 0.3) is 0 Å². The van der Waals surface area contributed by atoms with Crippen molar-refractivity contribution in [2.45, 2.75) is 65.8 Å². The highest BCUT2D eigenvalue weighted by atomic mass is 16.2. The lowest BCUT2D eigenvalue weighted by Crippen LogP contribution is -2.42. The maximum Gasteiger partial charge on any atom is 0.227 e. The van der Waals surface area contributed by atoms with Gasteiger partial charge in [-0.2, -0.15) is 0 Å². The number of anilines is 1. The fourth-order valence-electron chi connectivity index (χ4n) is 3.17. The van der Waals surface area contributed by atoms with Crippen molar-refractivity contribution in [3.05, 3.63) is 29.8 Å². The number of rotatable bonds is 3. The Balaban J connectivity index is 2.38. The number of benzene rings is 1. The summed E-state index contributed by atoms with van der Waals surface area (Å²) < 4.78 is 0. The van der Waals surface area contributed by atoms with Crippen LogP contribution in [0.4, 0.5) is 5.69 Å². The van der Waals surface area contributed by atoms with Gasteiger partial charge in [0, 0.05) is 18.2 Å². The second-order valence-electron chi connectivity index (χ2n) is 7.07. The highest BCUT2D eigenvalue weighted by Crippen LogP contribution is 2.33. The summed E-state index contributed by atoms with van der Waals surface area (Å²) in [5.41, 5.74) is 2.71. The van der Waals surface area contributed by atoms with Gasteiger partial charge in [0.15, 0.2) is 0 Å². The van der Waals surface area contributed by atoms with Crippen LogP contribution in [0.5, 0.6) is 0 Å². The van der Waals surface area contributed by atoms with E-state index in [2.05, 4.69) is 50.8 Å². The Morgan fingerprint density at radius 1 is 1.20 bits per heavy atom. The van der Waals surface area contributed by atoms with Crippen molar-refractivity contribution in [2.75, 3.05) is 4.90 Å². The van der Waals surface area contributed by atoms with Crippen molar-refractivity contribution in [3.8, 4) is 0 Å². The lowest BCUT2D eigenvalue weighted by Gasteiger charge is -2.35. The van der Waals surface area contributed by atoms with E-state index in [0.29, 0.717) is 18.4 Å². The van der Waals surface area contributed by atoms with Gasteiger partial charge in [-0.3, -0.25) is 4.79 Å². The van der Waals surface area contributed by atoms with E-state index >= 15 is 0 Å². The largest absolute Gasteiger partial charge is 0.309 e. The lowest BCUT2D eigenvalue weighted by atomic mass is 9.86. The zero-order valence-corrected chi connectivity index (χ0v) is 13.3. The zero-order chi connectivity index (χ0) is 14.8. The third kappa shape index (κ3) is 3.41. The molecule has 0 aliphatic carbocycles. The Kier molecular flexibility index (Phi) is 4.52. The fourth-order valence-corrected chi connectivity index (χ4v) is 3.17. The van der Waals surface area contributed by atoms with E-state index in [-0.39, 0.29) is 5.41 Å². The summed E-state index contributed by atoms with van der Waals surface area (Å²) in [5.74, 6) is 0.297. The molecule has 1 unspecified atom stereocenters. The third-order valence-corrected chi connectivity index (χ3v) is 4.04. The van der Waals surface area contributed by atoms with Crippen LogP contribution in [0.2, 0.25) is 0 Å². The molecule has 1 aromatic carbocycles. The van der Waals surface area contributed by atoms with Gasteiger partial charge in [-0.25, -0.2) is 0 Å². The topological polar surface area (TPSA) is 20.3 Å².